The van der Waals surface area contributed by atoms with Crippen LogP contribution in [0.1, 0.15) is 18.9 Å². The molecule has 0 aromatic heterocycles. The number of rotatable bonds is 6. The van der Waals surface area contributed by atoms with Crippen molar-refractivity contribution in [1.82, 2.24) is 4.90 Å². The van der Waals surface area contributed by atoms with Crippen LogP contribution in [0.4, 0.5) is 10.1 Å². The molecule has 2 aromatic rings. The lowest BCUT2D eigenvalue weighted by Gasteiger charge is -2.21. The number of amides is 2. The number of anilines is 1. The summed E-state index contributed by atoms with van der Waals surface area (Å²) in [5, 5.41) is 3.51. The maximum Gasteiger partial charge on any atom is 0.226 e. The molecular formula is C18H17Cl2FN2O2. The molecule has 0 unspecified atom stereocenters. The van der Waals surface area contributed by atoms with Crippen LogP contribution in [-0.4, -0.2) is 23.3 Å². The van der Waals surface area contributed by atoms with Gasteiger partial charge in [-0.25, -0.2) is 4.39 Å². The molecule has 0 atom stereocenters. The monoisotopic (exact) mass is 382 g/mol. The molecule has 25 heavy (non-hydrogen) atoms. The van der Waals surface area contributed by atoms with Crippen molar-refractivity contribution in [2.24, 2.45) is 0 Å². The molecular weight excluding hydrogens is 366 g/mol. The first-order valence-electron chi connectivity index (χ1n) is 7.60. The van der Waals surface area contributed by atoms with Gasteiger partial charge < -0.3 is 10.2 Å². The van der Waals surface area contributed by atoms with Crippen LogP contribution in [0.25, 0.3) is 0 Å². The molecule has 2 amide bonds. The first kappa shape index (κ1) is 19.2. The van der Waals surface area contributed by atoms with Crippen molar-refractivity contribution in [3.05, 3.63) is 63.9 Å². The molecule has 4 nitrogen and oxygen atoms in total. The van der Waals surface area contributed by atoms with Gasteiger partial charge in [-0.05, 0) is 35.9 Å². The topological polar surface area (TPSA) is 49.4 Å². The first-order valence-corrected chi connectivity index (χ1v) is 8.35. The zero-order valence-electron chi connectivity index (χ0n) is 13.6. The number of hydrogen-bond acceptors (Lipinski definition) is 2. The first-order chi connectivity index (χ1) is 11.8. The second-order valence-corrected chi connectivity index (χ2v) is 6.33. The van der Waals surface area contributed by atoms with Gasteiger partial charge in [-0.2, -0.15) is 0 Å². The summed E-state index contributed by atoms with van der Waals surface area (Å²) in [7, 11) is 0. The lowest BCUT2D eigenvalue weighted by molar-refractivity contribution is -0.129. The van der Waals surface area contributed by atoms with E-state index >= 15 is 0 Å². The molecule has 0 spiro atoms. The van der Waals surface area contributed by atoms with Gasteiger partial charge in [0.2, 0.25) is 11.8 Å². The van der Waals surface area contributed by atoms with Gasteiger partial charge in [-0.1, -0.05) is 35.3 Å². The Bertz CT molecular complexity index is 766. The van der Waals surface area contributed by atoms with Gasteiger partial charge >= 0.3 is 0 Å². The van der Waals surface area contributed by atoms with E-state index in [0.29, 0.717) is 22.3 Å². The van der Waals surface area contributed by atoms with E-state index in [2.05, 4.69) is 5.32 Å². The maximum absolute atomic E-state index is 12.9. The van der Waals surface area contributed by atoms with E-state index in [9.17, 15) is 14.0 Å². The third kappa shape index (κ3) is 6.03. The molecule has 2 aromatic carbocycles. The van der Waals surface area contributed by atoms with Crippen molar-refractivity contribution in [3.8, 4) is 0 Å². The molecule has 7 heteroatoms. The normalized spacial score (nSPS) is 10.4. The van der Waals surface area contributed by atoms with Crippen molar-refractivity contribution < 1.29 is 14.0 Å². The van der Waals surface area contributed by atoms with Crippen LogP contribution in [0.2, 0.25) is 10.0 Å². The van der Waals surface area contributed by atoms with Crippen molar-refractivity contribution in [1.29, 1.82) is 0 Å². The number of nitrogens with one attached hydrogen (secondary N) is 1. The molecule has 132 valence electrons. The van der Waals surface area contributed by atoms with Gasteiger partial charge in [0.25, 0.3) is 0 Å². The van der Waals surface area contributed by atoms with Crippen molar-refractivity contribution in [3.63, 3.8) is 0 Å². The minimum absolute atomic E-state index is 0.111. The maximum atomic E-state index is 12.9. The third-order valence-corrected chi connectivity index (χ3v) is 4.09. The molecule has 0 saturated heterocycles. The lowest BCUT2D eigenvalue weighted by atomic mass is 10.2. The Balaban J connectivity index is 1.92. The molecule has 0 saturated carbocycles. The molecule has 0 fully saturated rings. The van der Waals surface area contributed by atoms with Gasteiger partial charge in [0.15, 0.2) is 0 Å². The van der Waals surface area contributed by atoms with Crippen LogP contribution in [0, 0.1) is 5.82 Å². The van der Waals surface area contributed by atoms with E-state index in [1.807, 2.05) is 0 Å². The highest BCUT2D eigenvalue weighted by Crippen LogP contribution is 2.25. The van der Waals surface area contributed by atoms with Crippen LogP contribution in [0.5, 0.6) is 0 Å². The van der Waals surface area contributed by atoms with Gasteiger partial charge in [-0.15, -0.1) is 0 Å². The standard InChI is InChI=1S/C18H17Cl2FN2O2/c1-12(24)23(11-13-2-5-15(21)6-3-13)9-8-18(25)22-17-7-4-14(19)10-16(17)20/h2-7,10H,8-9,11H2,1H3,(H,22,25). The Morgan fingerprint density at radius 3 is 2.40 bits per heavy atom. The Morgan fingerprint density at radius 2 is 1.80 bits per heavy atom. The SMILES string of the molecule is CC(=O)N(CCC(=O)Nc1ccc(Cl)cc1Cl)Cc1ccc(F)cc1. The van der Waals surface area contributed by atoms with Crippen LogP contribution < -0.4 is 5.32 Å². The quantitative estimate of drug-likeness (QED) is 0.798. The highest BCUT2D eigenvalue weighted by Gasteiger charge is 2.13. The predicted molar refractivity (Wildman–Crippen MR) is 97.2 cm³/mol. The minimum atomic E-state index is -0.336. The van der Waals surface area contributed by atoms with E-state index in [1.165, 1.54) is 30.0 Å². The third-order valence-electron chi connectivity index (χ3n) is 3.55. The second-order valence-electron chi connectivity index (χ2n) is 5.49. The van der Waals surface area contributed by atoms with Crippen LogP contribution in [0.15, 0.2) is 42.5 Å². The van der Waals surface area contributed by atoms with Crippen molar-refractivity contribution in [2.75, 3.05) is 11.9 Å². The summed E-state index contributed by atoms with van der Waals surface area (Å²) in [5.41, 5.74) is 1.25. The molecule has 2 rings (SSSR count). The summed E-state index contributed by atoms with van der Waals surface area (Å²) in [6, 6.07) is 10.7. The molecule has 1 N–H and O–H groups in total. The molecule has 0 heterocycles. The number of carbonyl (C=O) groups is 2. The van der Waals surface area contributed by atoms with Crippen LogP contribution in [0.3, 0.4) is 0 Å². The Labute approximate surface area is 155 Å². The van der Waals surface area contributed by atoms with Crippen LogP contribution in [-0.2, 0) is 16.1 Å². The van der Waals surface area contributed by atoms with E-state index in [4.69, 9.17) is 23.2 Å². The fourth-order valence-electron chi connectivity index (χ4n) is 2.20. The fraction of sp³-hybridized carbons (Fsp3) is 0.222. The van der Waals surface area contributed by atoms with Crippen LogP contribution >= 0.6 is 23.2 Å². The van der Waals surface area contributed by atoms with Gasteiger partial charge in [0.1, 0.15) is 5.82 Å². The second kappa shape index (κ2) is 8.83. The van der Waals surface area contributed by atoms with Gasteiger partial charge in [0.05, 0.1) is 10.7 Å². The molecule has 0 radical (unpaired) electrons. The molecule has 0 aliphatic rings. The number of benzene rings is 2. The summed E-state index contributed by atoms with van der Waals surface area (Å²) < 4.78 is 12.9. The number of hydrogen-bond donors (Lipinski definition) is 1. The van der Waals surface area contributed by atoms with Crippen molar-refractivity contribution >= 4 is 40.7 Å². The summed E-state index contributed by atoms with van der Waals surface area (Å²) in [4.78, 5) is 25.4. The average molecular weight is 383 g/mol. The largest absolute Gasteiger partial charge is 0.338 e. The Kier molecular flexibility index (Phi) is 6.79. The summed E-state index contributed by atoms with van der Waals surface area (Å²) in [5.74, 6) is -0.770. The zero-order chi connectivity index (χ0) is 18.4. The van der Waals surface area contributed by atoms with Gasteiger partial charge in [-0.3, -0.25) is 9.59 Å². The van der Waals surface area contributed by atoms with E-state index in [-0.39, 0.29) is 30.6 Å². The van der Waals surface area contributed by atoms with Crippen molar-refractivity contribution in [2.45, 2.75) is 19.9 Å². The highest BCUT2D eigenvalue weighted by atomic mass is 35.5. The Hall–Kier alpha value is -2.11. The molecule has 0 aliphatic heterocycles. The Morgan fingerprint density at radius 1 is 1.12 bits per heavy atom. The summed E-state index contributed by atoms with van der Waals surface area (Å²) in [6.07, 6.45) is 0.111. The van der Waals surface area contributed by atoms with E-state index in [0.717, 1.165) is 5.56 Å². The zero-order valence-corrected chi connectivity index (χ0v) is 15.1. The van der Waals surface area contributed by atoms with E-state index < -0.39 is 0 Å². The summed E-state index contributed by atoms with van der Waals surface area (Å²) >= 11 is 11.8. The average Bonchev–Trinajstić information content (AvgIpc) is 2.55. The lowest BCUT2D eigenvalue weighted by Crippen LogP contribution is -2.31. The smallest absolute Gasteiger partial charge is 0.226 e. The number of carbonyl (C=O) groups excluding carboxylic acids is 2. The highest BCUT2D eigenvalue weighted by molar-refractivity contribution is 6.36. The number of halogens is 3. The minimum Gasteiger partial charge on any atom is -0.338 e. The fourth-order valence-corrected chi connectivity index (χ4v) is 2.65. The van der Waals surface area contributed by atoms with E-state index in [1.54, 1.807) is 24.3 Å². The summed E-state index contributed by atoms with van der Waals surface area (Å²) in [6.45, 7) is 1.98. The number of nitrogens with zero attached hydrogens (tertiary/aromatic N) is 1. The molecule has 0 bridgehead atoms. The molecule has 0 aliphatic carbocycles. The van der Waals surface area contributed by atoms with Gasteiger partial charge in [0, 0.05) is 31.5 Å². The predicted octanol–water partition coefficient (Wildman–Crippen LogP) is 4.51.